The molecule has 17 heavy (non-hydrogen) atoms. The van der Waals surface area contributed by atoms with Crippen LogP contribution in [0.25, 0.3) is 0 Å². The smallest absolute Gasteiger partial charge is 0.307 e. The third-order valence-electron chi connectivity index (χ3n) is 3.28. The van der Waals surface area contributed by atoms with Crippen molar-refractivity contribution >= 4 is 16.1 Å². The topological polar surface area (TPSA) is 54.5 Å². The molecular weight excluding hydrogens is 245 g/mol. The largest absolute Gasteiger partial charge is 0.339 e. The van der Waals surface area contributed by atoms with Crippen LogP contribution in [0.3, 0.4) is 0 Å². The molecule has 0 aliphatic carbocycles. The standard InChI is InChI=1S/C11H20FNO3S/c1-3-4-5-6-9(2)13-8-10(7-11(13)14)17(12,15)16/h9-10H,3-8H2,1-2H3. The highest BCUT2D eigenvalue weighted by molar-refractivity contribution is 7.87. The normalized spacial score (nSPS) is 23.1. The number of hydrogen-bond donors (Lipinski definition) is 0. The molecule has 1 fully saturated rings. The summed E-state index contributed by atoms with van der Waals surface area (Å²) in [5.41, 5.74) is 0. The first-order chi connectivity index (χ1) is 7.86. The first-order valence-corrected chi connectivity index (χ1v) is 7.53. The van der Waals surface area contributed by atoms with Crippen molar-refractivity contribution < 1.29 is 17.1 Å². The molecule has 4 nitrogen and oxygen atoms in total. The van der Waals surface area contributed by atoms with E-state index in [4.69, 9.17) is 0 Å². The molecule has 1 aliphatic rings. The lowest BCUT2D eigenvalue weighted by Gasteiger charge is -2.24. The molecular formula is C11H20FNO3S. The highest BCUT2D eigenvalue weighted by Gasteiger charge is 2.39. The molecule has 100 valence electrons. The van der Waals surface area contributed by atoms with Crippen LogP contribution in [0.15, 0.2) is 0 Å². The van der Waals surface area contributed by atoms with Gasteiger partial charge >= 0.3 is 10.2 Å². The van der Waals surface area contributed by atoms with Crippen molar-refractivity contribution in [2.75, 3.05) is 6.54 Å². The summed E-state index contributed by atoms with van der Waals surface area (Å²) < 4.78 is 34.3. The number of hydrogen-bond acceptors (Lipinski definition) is 3. The van der Waals surface area contributed by atoms with Crippen LogP contribution in [-0.2, 0) is 15.0 Å². The van der Waals surface area contributed by atoms with Gasteiger partial charge in [0, 0.05) is 19.0 Å². The summed E-state index contributed by atoms with van der Waals surface area (Å²) >= 11 is 0. The monoisotopic (exact) mass is 265 g/mol. The van der Waals surface area contributed by atoms with E-state index in [-0.39, 0.29) is 24.9 Å². The maximum Gasteiger partial charge on any atom is 0.307 e. The molecule has 0 saturated carbocycles. The van der Waals surface area contributed by atoms with E-state index in [9.17, 15) is 17.1 Å². The molecule has 1 aliphatic heterocycles. The van der Waals surface area contributed by atoms with E-state index in [2.05, 4.69) is 6.92 Å². The Labute approximate surface area is 102 Å². The number of unbranched alkanes of at least 4 members (excludes halogenated alkanes) is 2. The maximum absolute atomic E-state index is 12.8. The van der Waals surface area contributed by atoms with Gasteiger partial charge in [0.2, 0.25) is 5.91 Å². The summed E-state index contributed by atoms with van der Waals surface area (Å²) in [6, 6.07) is 0.000741. The summed E-state index contributed by atoms with van der Waals surface area (Å²) in [5.74, 6) is -0.250. The van der Waals surface area contributed by atoms with Crippen LogP contribution < -0.4 is 0 Å². The van der Waals surface area contributed by atoms with Crippen molar-refractivity contribution in [2.24, 2.45) is 0 Å². The van der Waals surface area contributed by atoms with Crippen molar-refractivity contribution in [1.29, 1.82) is 0 Å². The van der Waals surface area contributed by atoms with Crippen LogP contribution in [0, 0.1) is 0 Å². The van der Waals surface area contributed by atoms with Gasteiger partial charge in [-0.3, -0.25) is 4.79 Å². The van der Waals surface area contributed by atoms with Gasteiger partial charge in [-0.05, 0) is 13.3 Å². The van der Waals surface area contributed by atoms with Crippen LogP contribution >= 0.6 is 0 Å². The van der Waals surface area contributed by atoms with E-state index in [1.54, 1.807) is 0 Å². The molecule has 1 saturated heterocycles. The number of rotatable bonds is 6. The Kier molecular flexibility index (Phi) is 4.91. The molecule has 2 unspecified atom stereocenters. The molecule has 2 atom stereocenters. The molecule has 6 heteroatoms. The van der Waals surface area contributed by atoms with Gasteiger partial charge in [-0.2, -0.15) is 8.42 Å². The van der Waals surface area contributed by atoms with Crippen molar-refractivity contribution in [3.8, 4) is 0 Å². The van der Waals surface area contributed by atoms with Gasteiger partial charge in [0.15, 0.2) is 0 Å². The van der Waals surface area contributed by atoms with E-state index in [1.807, 2.05) is 6.92 Å². The first-order valence-electron chi connectivity index (χ1n) is 6.09. The third-order valence-corrected chi connectivity index (χ3v) is 4.39. The number of nitrogens with zero attached hydrogens (tertiary/aromatic N) is 1. The molecule has 1 amide bonds. The Balaban J connectivity index is 2.53. The fourth-order valence-corrected chi connectivity index (χ4v) is 2.84. The zero-order valence-electron chi connectivity index (χ0n) is 10.4. The zero-order valence-corrected chi connectivity index (χ0v) is 11.2. The van der Waals surface area contributed by atoms with Gasteiger partial charge in [-0.1, -0.05) is 26.2 Å². The van der Waals surface area contributed by atoms with Gasteiger partial charge in [-0.25, -0.2) is 0 Å². The lowest BCUT2D eigenvalue weighted by Crippen LogP contribution is -2.35. The number of carbonyl (C=O) groups is 1. The van der Waals surface area contributed by atoms with Crippen molar-refractivity contribution in [2.45, 2.75) is 57.2 Å². The molecule has 0 aromatic rings. The van der Waals surface area contributed by atoms with Crippen LogP contribution in [0.2, 0.25) is 0 Å². The minimum absolute atomic E-state index is 0.000741. The van der Waals surface area contributed by atoms with Crippen LogP contribution in [-0.4, -0.2) is 37.1 Å². The molecule has 0 aromatic carbocycles. The Morgan fingerprint density at radius 3 is 2.59 bits per heavy atom. The summed E-state index contributed by atoms with van der Waals surface area (Å²) in [7, 11) is -4.59. The Hall–Kier alpha value is -0.650. The summed E-state index contributed by atoms with van der Waals surface area (Å²) in [6.07, 6.45) is 3.84. The SMILES string of the molecule is CCCCCC(C)N1CC(S(=O)(=O)F)CC1=O. The average Bonchev–Trinajstić information content (AvgIpc) is 2.60. The second-order valence-electron chi connectivity index (χ2n) is 4.69. The fourth-order valence-electron chi connectivity index (χ4n) is 2.16. The van der Waals surface area contributed by atoms with E-state index >= 15 is 0 Å². The average molecular weight is 265 g/mol. The quantitative estimate of drug-likeness (QED) is 0.544. The van der Waals surface area contributed by atoms with Crippen LogP contribution in [0.4, 0.5) is 3.89 Å². The maximum atomic E-state index is 12.8. The molecule has 0 N–H and O–H groups in total. The molecule has 0 radical (unpaired) electrons. The van der Waals surface area contributed by atoms with Gasteiger partial charge in [0.05, 0.1) is 0 Å². The second kappa shape index (κ2) is 5.80. The van der Waals surface area contributed by atoms with Crippen molar-refractivity contribution in [1.82, 2.24) is 4.90 Å². The summed E-state index contributed by atoms with van der Waals surface area (Å²) in [5, 5.41) is -1.16. The minimum atomic E-state index is -4.59. The number of amides is 1. The predicted molar refractivity (Wildman–Crippen MR) is 63.7 cm³/mol. The highest BCUT2D eigenvalue weighted by atomic mass is 32.3. The molecule has 1 heterocycles. The lowest BCUT2D eigenvalue weighted by atomic mass is 10.1. The number of carbonyl (C=O) groups excluding carboxylic acids is 1. The summed E-state index contributed by atoms with van der Waals surface area (Å²) in [4.78, 5) is 13.1. The van der Waals surface area contributed by atoms with Gasteiger partial charge in [0.1, 0.15) is 5.25 Å². The molecule has 0 spiro atoms. The second-order valence-corrected chi connectivity index (χ2v) is 6.31. The highest BCUT2D eigenvalue weighted by Crippen LogP contribution is 2.23. The number of likely N-dealkylation sites (tertiary alicyclic amines) is 1. The Morgan fingerprint density at radius 1 is 1.47 bits per heavy atom. The number of halogens is 1. The molecule has 0 bridgehead atoms. The first kappa shape index (κ1) is 14.4. The van der Waals surface area contributed by atoms with E-state index in [1.165, 1.54) is 4.90 Å². The van der Waals surface area contributed by atoms with E-state index < -0.39 is 15.5 Å². The third kappa shape index (κ3) is 3.94. The zero-order chi connectivity index (χ0) is 13.1. The van der Waals surface area contributed by atoms with Crippen LogP contribution in [0.1, 0.15) is 46.0 Å². The predicted octanol–water partition coefficient (Wildman–Crippen LogP) is 1.86. The van der Waals surface area contributed by atoms with Gasteiger partial charge in [-0.15, -0.1) is 3.89 Å². The lowest BCUT2D eigenvalue weighted by molar-refractivity contribution is -0.129. The Bertz CT molecular complexity index is 369. The van der Waals surface area contributed by atoms with E-state index in [0.29, 0.717) is 0 Å². The van der Waals surface area contributed by atoms with E-state index in [0.717, 1.165) is 25.7 Å². The fraction of sp³-hybridized carbons (Fsp3) is 0.909. The van der Waals surface area contributed by atoms with Crippen LogP contribution in [0.5, 0.6) is 0 Å². The van der Waals surface area contributed by atoms with Crippen molar-refractivity contribution in [3.05, 3.63) is 0 Å². The van der Waals surface area contributed by atoms with Gasteiger partial charge in [0.25, 0.3) is 0 Å². The van der Waals surface area contributed by atoms with Crippen molar-refractivity contribution in [3.63, 3.8) is 0 Å². The minimum Gasteiger partial charge on any atom is -0.339 e. The molecule has 1 rings (SSSR count). The molecule has 0 aromatic heterocycles. The summed E-state index contributed by atoms with van der Waals surface area (Å²) in [6.45, 7) is 3.99. The Morgan fingerprint density at radius 2 is 2.12 bits per heavy atom. The van der Waals surface area contributed by atoms with Gasteiger partial charge < -0.3 is 4.90 Å².